The third kappa shape index (κ3) is 2.78. The normalized spacial score (nSPS) is 10.8. The zero-order valence-corrected chi connectivity index (χ0v) is 12.6. The Morgan fingerprint density at radius 2 is 2.18 bits per heavy atom. The van der Waals surface area contributed by atoms with Crippen molar-refractivity contribution in [1.29, 1.82) is 0 Å². The van der Waals surface area contributed by atoms with Gasteiger partial charge in [0.1, 0.15) is 11.6 Å². The minimum atomic E-state index is -0.821. The van der Waals surface area contributed by atoms with E-state index in [1.54, 1.807) is 0 Å². The summed E-state index contributed by atoms with van der Waals surface area (Å²) >= 11 is 1.50. The maximum absolute atomic E-state index is 14.0. The molecule has 112 valence electrons. The lowest BCUT2D eigenvalue weighted by molar-refractivity contribution is 0.0995. The van der Waals surface area contributed by atoms with Crippen LogP contribution in [-0.4, -0.2) is 10.9 Å². The topological polar surface area (TPSA) is 65.2 Å². The van der Waals surface area contributed by atoms with Gasteiger partial charge in [-0.15, -0.1) is 11.3 Å². The molecule has 0 aliphatic heterocycles. The number of ether oxygens (including phenoxy) is 1. The Morgan fingerprint density at radius 3 is 2.95 bits per heavy atom. The number of primary amides is 1. The second kappa shape index (κ2) is 5.73. The number of carbonyl (C=O) groups excluding carboxylic acids is 1. The van der Waals surface area contributed by atoms with E-state index >= 15 is 0 Å². The number of nitrogens with two attached hydrogens (primary N) is 1. The smallest absolute Gasteiger partial charge is 0.251 e. The summed E-state index contributed by atoms with van der Waals surface area (Å²) in [5, 5.41) is 0.740. The number of hydrogen-bond acceptors (Lipinski definition) is 4. The molecule has 1 heterocycles. The molecule has 0 atom stereocenters. The standard InChI is InChI=1S/C16H13FN2O2S/c1-9-5-6-11-13(7-9)22-14(19-11)8-21-12-4-2-3-10(15(12)17)16(18)20/h2-7H,8H2,1H3,(H2,18,20). The van der Waals surface area contributed by atoms with Gasteiger partial charge in [0.2, 0.25) is 0 Å². The van der Waals surface area contributed by atoms with Crippen LogP contribution in [0.2, 0.25) is 0 Å². The van der Waals surface area contributed by atoms with Crippen molar-refractivity contribution in [1.82, 2.24) is 4.98 Å². The van der Waals surface area contributed by atoms with Crippen molar-refractivity contribution in [2.75, 3.05) is 0 Å². The van der Waals surface area contributed by atoms with Gasteiger partial charge in [-0.3, -0.25) is 4.79 Å². The molecule has 1 aromatic heterocycles. The van der Waals surface area contributed by atoms with Crippen molar-refractivity contribution in [3.8, 4) is 5.75 Å². The van der Waals surface area contributed by atoms with Crippen molar-refractivity contribution < 1.29 is 13.9 Å². The number of thiazole rings is 1. The van der Waals surface area contributed by atoms with E-state index in [2.05, 4.69) is 4.98 Å². The third-order valence-electron chi connectivity index (χ3n) is 3.17. The molecule has 3 rings (SSSR count). The monoisotopic (exact) mass is 316 g/mol. The third-order valence-corrected chi connectivity index (χ3v) is 4.16. The number of amides is 1. The highest BCUT2D eigenvalue weighted by Crippen LogP contribution is 2.26. The Hall–Kier alpha value is -2.47. The molecule has 0 saturated carbocycles. The lowest BCUT2D eigenvalue weighted by Gasteiger charge is -2.07. The molecule has 0 aliphatic carbocycles. The molecule has 0 aliphatic rings. The predicted octanol–water partition coefficient (Wildman–Crippen LogP) is 3.42. The van der Waals surface area contributed by atoms with E-state index in [9.17, 15) is 9.18 Å². The molecular weight excluding hydrogens is 303 g/mol. The number of halogens is 1. The number of benzene rings is 2. The van der Waals surface area contributed by atoms with Crippen molar-refractivity contribution in [2.45, 2.75) is 13.5 Å². The second-order valence-electron chi connectivity index (χ2n) is 4.85. The van der Waals surface area contributed by atoms with Gasteiger partial charge >= 0.3 is 0 Å². The first-order valence-corrected chi connectivity index (χ1v) is 7.43. The van der Waals surface area contributed by atoms with Crippen LogP contribution >= 0.6 is 11.3 Å². The Labute approximate surface area is 130 Å². The highest BCUT2D eigenvalue weighted by Gasteiger charge is 2.14. The summed E-state index contributed by atoms with van der Waals surface area (Å²) in [6, 6.07) is 10.3. The zero-order valence-electron chi connectivity index (χ0n) is 11.8. The molecule has 0 bridgehead atoms. The van der Waals surface area contributed by atoms with Crippen molar-refractivity contribution >= 4 is 27.5 Å². The summed E-state index contributed by atoms with van der Waals surface area (Å²) < 4.78 is 20.5. The summed E-state index contributed by atoms with van der Waals surface area (Å²) in [5.74, 6) is -1.57. The molecule has 22 heavy (non-hydrogen) atoms. The Bertz CT molecular complexity index is 860. The Morgan fingerprint density at radius 1 is 1.36 bits per heavy atom. The molecule has 2 aromatic carbocycles. The van der Waals surface area contributed by atoms with Gasteiger partial charge in [-0.05, 0) is 36.8 Å². The molecule has 6 heteroatoms. The minimum Gasteiger partial charge on any atom is -0.483 e. The predicted molar refractivity (Wildman–Crippen MR) is 83.6 cm³/mol. The summed E-state index contributed by atoms with van der Waals surface area (Å²) in [7, 11) is 0. The van der Waals surface area contributed by atoms with Crippen LogP contribution < -0.4 is 10.5 Å². The van der Waals surface area contributed by atoms with Crippen molar-refractivity contribution in [3.63, 3.8) is 0 Å². The Balaban J connectivity index is 1.82. The zero-order chi connectivity index (χ0) is 15.7. The number of aryl methyl sites for hydroxylation is 1. The summed E-state index contributed by atoms with van der Waals surface area (Å²) in [6.07, 6.45) is 0. The van der Waals surface area contributed by atoms with E-state index in [1.165, 1.54) is 29.5 Å². The molecule has 0 fully saturated rings. The minimum absolute atomic E-state index is 0.00765. The number of carbonyl (C=O) groups is 1. The maximum atomic E-state index is 14.0. The Kier molecular flexibility index (Phi) is 3.77. The quantitative estimate of drug-likeness (QED) is 0.802. The fraction of sp³-hybridized carbons (Fsp3) is 0.125. The summed E-state index contributed by atoms with van der Waals surface area (Å²) in [4.78, 5) is 15.5. The number of nitrogens with zero attached hydrogens (tertiary/aromatic N) is 1. The van der Waals surface area contributed by atoms with Crippen LogP contribution in [0.4, 0.5) is 4.39 Å². The highest BCUT2D eigenvalue weighted by atomic mass is 32.1. The average Bonchev–Trinajstić information content (AvgIpc) is 2.87. The van der Waals surface area contributed by atoms with Crippen molar-refractivity contribution in [3.05, 3.63) is 58.3 Å². The average molecular weight is 316 g/mol. The van der Waals surface area contributed by atoms with Gasteiger partial charge < -0.3 is 10.5 Å². The van der Waals surface area contributed by atoms with E-state index in [4.69, 9.17) is 10.5 Å². The fourth-order valence-electron chi connectivity index (χ4n) is 2.09. The molecule has 1 amide bonds. The van der Waals surface area contributed by atoms with E-state index in [0.29, 0.717) is 0 Å². The number of fused-ring (bicyclic) bond motifs is 1. The van der Waals surface area contributed by atoms with Gasteiger partial charge in [0.05, 0.1) is 15.8 Å². The first-order valence-electron chi connectivity index (χ1n) is 6.62. The van der Waals surface area contributed by atoms with E-state index in [1.807, 2.05) is 25.1 Å². The summed E-state index contributed by atoms with van der Waals surface area (Å²) in [5.41, 5.74) is 6.97. The lowest BCUT2D eigenvalue weighted by Crippen LogP contribution is -2.13. The number of hydrogen-bond donors (Lipinski definition) is 1. The molecule has 3 aromatic rings. The highest BCUT2D eigenvalue weighted by molar-refractivity contribution is 7.18. The van der Waals surface area contributed by atoms with Crippen LogP contribution in [0.3, 0.4) is 0 Å². The van der Waals surface area contributed by atoms with Gasteiger partial charge in [0.25, 0.3) is 5.91 Å². The second-order valence-corrected chi connectivity index (χ2v) is 5.96. The molecule has 0 radical (unpaired) electrons. The van der Waals surface area contributed by atoms with Gasteiger partial charge in [-0.1, -0.05) is 12.1 Å². The van der Waals surface area contributed by atoms with Gasteiger partial charge in [-0.2, -0.15) is 0 Å². The van der Waals surface area contributed by atoms with E-state index < -0.39 is 11.7 Å². The lowest BCUT2D eigenvalue weighted by atomic mass is 10.2. The molecule has 0 unspecified atom stereocenters. The fourth-order valence-corrected chi connectivity index (χ4v) is 3.07. The maximum Gasteiger partial charge on any atom is 0.251 e. The number of rotatable bonds is 4. The molecule has 4 nitrogen and oxygen atoms in total. The first kappa shape index (κ1) is 14.5. The van der Waals surface area contributed by atoms with E-state index in [-0.39, 0.29) is 17.9 Å². The van der Waals surface area contributed by atoms with Crippen LogP contribution in [-0.2, 0) is 6.61 Å². The largest absolute Gasteiger partial charge is 0.483 e. The van der Waals surface area contributed by atoms with Crippen LogP contribution in [0.25, 0.3) is 10.2 Å². The molecular formula is C16H13FN2O2S. The van der Waals surface area contributed by atoms with Crippen LogP contribution in [0, 0.1) is 12.7 Å². The van der Waals surface area contributed by atoms with Gasteiger partial charge in [-0.25, -0.2) is 9.37 Å². The van der Waals surface area contributed by atoms with E-state index in [0.717, 1.165) is 20.8 Å². The van der Waals surface area contributed by atoms with Crippen LogP contribution in [0.1, 0.15) is 20.9 Å². The van der Waals surface area contributed by atoms with Crippen LogP contribution in [0.15, 0.2) is 36.4 Å². The molecule has 0 spiro atoms. The SMILES string of the molecule is Cc1ccc2nc(COc3cccc(C(N)=O)c3F)sc2c1. The molecule has 0 saturated heterocycles. The first-order chi connectivity index (χ1) is 10.5. The van der Waals surface area contributed by atoms with Crippen LogP contribution in [0.5, 0.6) is 5.75 Å². The summed E-state index contributed by atoms with van der Waals surface area (Å²) in [6.45, 7) is 2.15. The molecule has 2 N–H and O–H groups in total. The van der Waals surface area contributed by atoms with Crippen molar-refractivity contribution in [2.24, 2.45) is 5.73 Å². The van der Waals surface area contributed by atoms with Gasteiger partial charge in [0, 0.05) is 0 Å². The van der Waals surface area contributed by atoms with Gasteiger partial charge in [0.15, 0.2) is 11.6 Å². The number of aromatic nitrogens is 1.